The average Bonchev–Trinajstić information content (AvgIpc) is 2.99. The van der Waals surface area contributed by atoms with Crippen molar-refractivity contribution in [2.45, 2.75) is 51.0 Å². The van der Waals surface area contributed by atoms with Crippen LogP contribution in [0.3, 0.4) is 0 Å². The summed E-state index contributed by atoms with van der Waals surface area (Å²) in [7, 11) is 0. The summed E-state index contributed by atoms with van der Waals surface area (Å²) in [4.78, 5) is 18.7. The van der Waals surface area contributed by atoms with Gasteiger partial charge in [-0.05, 0) is 18.9 Å². The molecule has 0 unspecified atom stereocenters. The van der Waals surface area contributed by atoms with Gasteiger partial charge in [0.05, 0.1) is 5.54 Å². The van der Waals surface area contributed by atoms with Crippen LogP contribution in [0.5, 0.6) is 0 Å². The van der Waals surface area contributed by atoms with Gasteiger partial charge in [0, 0.05) is 47.0 Å². The predicted octanol–water partition coefficient (Wildman–Crippen LogP) is 3.73. The second-order valence-corrected chi connectivity index (χ2v) is 7.62. The summed E-state index contributed by atoms with van der Waals surface area (Å²) in [6.07, 6.45) is 6.49. The Morgan fingerprint density at radius 1 is 1.18 bits per heavy atom. The van der Waals surface area contributed by atoms with Crippen molar-refractivity contribution >= 4 is 16.8 Å². The van der Waals surface area contributed by atoms with Crippen LogP contribution >= 0.6 is 0 Å². The number of fused-ring (bicyclic) bond motifs is 3. The van der Waals surface area contributed by atoms with E-state index in [1.54, 1.807) is 0 Å². The topological polar surface area (TPSA) is 36.1 Å². The quantitative estimate of drug-likeness (QED) is 0.789. The Hall–Kier alpha value is -1.77. The summed E-state index contributed by atoms with van der Waals surface area (Å²) in [5, 5.41) is 1.34. The van der Waals surface area contributed by atoms with E-state index in [0.717, 1.165) is 25.8 Å². The van der Waals surface area contributed by atoms with Gasteiger partial charge in [-0.15, -0.1) is 0 Å². The molecule has 3 nitrogen and oxygen atoms in total. The summed E-state index contributed by atoms with van der Waals surface area (Å²) in [5.41, 5.74) is 4.09. The van der Waals surface area contributed by atoms with Crippen LogP contribution < -0.4 is 0 Å². The molecule has 2 fully saturated rings. The molecule has 22 heavy (non-hydrogen) atoms. The molecular weight excluding hydrogens is 272 g/mol. The van der Waals surface area contributed by atoms with Crippen molar-refractivity contribution < 1.29 is 4.79 Å². The van der Waals surface area contributed by atoms with E-state index in [-0.39, 0.29) is 11.0 Å². The number of nitrogens with zero attached hydrogens (tertiary/aromatic N) is 1. The van der Waals surface area contributed by atoms with Crippen molar-refractivity contribution in [1.29, 1.82) is 0 Å². The average molecular weight is 294 g/mol. The van der Waals surface area contributed by atoms with Gasteiger partial charge < -0.3 is 9.88 Å². The fraction of sp³-hybridized carbons (Fsp3) is 0.526. The van der Waals surface area contributed by atoms with E-state index in [4.69, 9.17) is 0 Å². The first-order valence-electron chi connectivity index (χ1n) is 8.56. The zero-order valence-corrected chi connectivity index (χ0v) is 13.1. The van der Waals surface area contributed by atoms with Gasteiger partial charge in [-0.2, -0.15) is 0 Å². The molecule has 1 saturated carbocycles. The van der Waals surface area contributed by atoms with Gasteiger partial charge in [-0.3, -0.25) is 4.79 Å². The molecule has 1 aromatic carbocycles. The summed E-state index contributed by atoms with van der Waals surface area (Å²) < 4.78 is 0. The van der Waals surface area contributed by atoms with Crippen LogP contribution in [0, 0.1) is 5.41 Å². The molecule has 1 amide bonds. The molecule has 2 aromatic rings. The van der Waals surface area contributed by atoms with E-state index in [1.807, 2.05) is 0 Å². The number of benzene rings is 1. The molecule has 1 aliphatic carbocycles. The highest BCUT2D eigenvalue weighted by molar-refractivity contribution is 5.90. The number of hydrogen-bond donors (Lipinski definition) is 1. The second-order valence-electron chi connectivity index (χ2n) is 7.62. The summed E-state index contributed by atoms with van der Waals surface area (Å²) >= 11 is 0. The van der Waals surface area contributed by atoms with Crippen molar-refractivity contribution in [3.05, 3.63) is 35.5 Å². The van der Waals surface area contributed by atoms with E-state index in [9.17, 15) is 4.79 Å². The molecule has 3 heterocycles. The van der Waals surface area contributed by atoms with Crippen molar-refractivity contribution in [1.82, 2.24) is 9.88 Å². The molecule has 5 rings (SSSR count). The lowest BCUT2D eigenvalue weighted by molar-refractivity contribution is -0.133. The molecule has 2 aliphatic heterocycles. The second kappa shape index (κ2) is 3.95. The molecule has 1 N–H and O–H groups in total. The fourth-order valence-electron chi connectivity index (χ4n) is 5.70. The van der Waals surface area contributed by atoms with Crippen molar-refractivity contribution in [3.63, 3.8) is 0 Å². The number of hydrogen-bond acceptors (Lipinski definition) is 1. The lowest BCUT2D eigenvalue weighted by Gasteiger charge is -2.53. The molecule has 0 radical (unpaired) electrons. The standard InChI is InChI=1S/C19H22N2O/c1-18-9-4-5-10-19(18)17-13-6-2-3-7-14(13)20-15(17)8-11-21(19)16(22)12-18/h2-3,6-7,20H,4-5,8-12H2,1H3/t18-,19-/m0/s1. The lowest BCUT2D eigenvalue weighted by atomic mass is 9.58. The molecule has 114 valence electrons. The summed E-state index contributed by atoms with van der Waals surface area (Å²) in [5.74, 6) is 0.375. The highest BCUT2D eigenvalue weighted by atomic mass is 16.2. The van der Waals surface area contributed by atoms with Crippen molar-refractivity contribution in [3.8, 4) is 0 Å². The lowest BCUT2D eigenvalue weighted by Crippen LogP contribution is -2.55. The SMILES string of the molecule is C[C@@]12CCCC[C@]13c1c([nH]c4ccccc14)CCN3C(=O)C2. The predicted molar refractivity (Wildman–Crippen MR) is 86.6 cm³/mol. The van der Waals surface area contributed by atoms with Crippen LogP contribution in [0.15, 0.2) is 24.3 Å². The highest BCUT2D eigenvalue weighted by Crippen LogP contribution is 2.63. The number of amides is 1. The Balaban J connectivity index is 1.87. The van der Waals surface area contributed by atoms with Crippen LogP contribution in [0.1, 0.15) is 50.3 Å². The number of H-pyrrole nitrogens is 1. The first-order chi connectivity index (χ1) is 10.7. The largest absolute Gasteiger partial charge is 0.358 e. The van der Waals surface area contributed by atoms with Gasteiger partial charge >= 0.3 is 0 Å². The van der Waals surface area contributed by atoms with E-state index in [0.29, 0.717) is 5.91 Å². The van der Waals surface area contributed by atoms with Crippen LogP contribution in [-0.4, -0.2) is 22.3 Å². The zero-order valence-electron chi connectivity index (χ0n) is 13.1. The van der Waals surface area contributed by atoms with Crippen LogP contribution in [-0.2, 0) is 16.8 Å². The molecular formula is C19H22N2O. The fourth-order valence-corrected chi connectivity index (χ4v) is 5.70. The molecule has 3 aliphatic rings. The van der Waals surface area contributed by atoms with Crippen molar-refractivity contribution in [2.24, 2.45) is 5.41 Å². The van der Waals surface area contributed by atoms with E-state index >= 15 is 0 Å². The Morgan fingerprint density at radius 2 is 2.00 bits per heavy atom. The third-order valence-electron chi connectivity index (χ3n) is 6.60. The minimum atomic E-state index is -0.0600. The Bertz CT molecular complexity index is 792. The van der Waals surface area contributed by atoms with Crippen molar-refractivity contribution in [2.75, 3.05) is 6.54 Å². The number of carbonyl (C=O) groups excluding carboxylic acids is 1. The Morgan fingerprint density at radius 3 is 2.91 bits per heavy atom. The Labute approximate surface area is 130 Å². The maximum absolute atomic E-state index is 12.8. The first kappa shape index (κ1) is 12.7. The smallest absolute Gasteiger partial charge is 0.223 e. The monoisotopic (exact) mass is 294 g/mol. The maximum atomic E-state index is 12.8. The van der Waals surface area contributed by atoms with Gasteiger partial charge in [0.2, 0.25) is 5.91 Å². The molecule has 0 bridgehead atoms. The van der Waals surface area contributed by atoms with E-state index in [2.05, 4.69) is 41.1 Å². The first-order valence-corrected chi connectivity index (χ1v) is 8.56. The number of nitrogens with one attached hydrogen (secondary N) is 1. The maximum Gasteiger partial charge on any atom is 0.223 e. The van der Waals surface area contributed by atoms with E-state index in [1.165, 1.54) is 41.4 Å². The minimum Gasteiger partial charge on any atom is -0.358 e. The molecule has 3 heteroatoms. The third kappa shape index (κ3) is 1.27. The van der Waals surface area contributed by atoms with Crippen LogP contribution in [0.25, 0.3) is 10.9 Å². The summed E-state index contributed by atoms with van der Waals surface area (Å²) in [6, 6.07) is 8.63. The van der Waals surface area contributed by atoms with Gasteiger partial charge in [0.15, 0.2) is 0 Å². The number of rotatable bonds is 0. The van der Waals surface area contributed by atoms with Gasteiger partial charge in [-0.25, -0.2) is 0 Å². The number of para-hydroxylation sites is 1. The molecule has 1 saturated heterocycles. The Kier molecular flexibility index (Phi) is 2.29. The third-order valence-corrected chi connectivity index (χ3v) is 6.60. The van der Waals surface area contributed by atoms with Gasteiger partial charge in [-0.1, -0.05) is 38.0 Å². The van der Waals surface area contributed by atoms with E-state index < -0.39 is 0 Å². The number of aromatic nitrogens is 1. The number of aromatic amines is 1. The summed E-state index contributed by atoms with van der Waals surface area (Å²) in [6.45, 7) is 3.25. The molecule has 1 spiro atoms. The molecule has 1 aromatic heterocycles. The normalized spacial score (nSPS) is 33.7. The van der Waals surface area contributed by atoms with Crippen LogP contribution in [0.2, 0.25) is 0 Å². The minimum absolute atomic E-state index is 0.0600. The number of carbonyl (C=O) groups is 1. The van der Waals surface area contributed by atoms with Crippen LogP contribution in [0.4, 0.5) is 0 Å². The highest BCUT2D eigenvalue weighted by Gasteiger charge is 2.63. The zero-order chi connectivity index (χ0) is 14.9. The van der Waals surface area contributed by atoms with Gasteiger partial charge in [0.1, 0.15) is 0 Å². The molecule has 2 atom stereocenters. The van der Waals surface area contributed by atoms with Gasteiger partial charge in [0.25, 0.3) is 0 Å².